The summed E-state index contributed by atoms with van der Waals surface area (Å²) in [5.41, 5.74) is 1.87. The summed E-state index contributed by atoms with van der Waals surface area (Å²) in [5.74, 6) is -0.0432. The first-order chi connectivity index (χ1) is 12.4. The number of nitrogens with one attached hydrogen (secondary N) is 2. The van der Waals surface area contributed by atoms with E-state index in [2.05, 4.69) is 10.0 Å². The largest absolute Gasteiger partial charge is 0.325 e. The molecule has 3 rings (SSSR count). The second kappa shape index (κ2) is 8.24. The van der Waals surface area contributed by atoms with Gasteiger partial charge in [-0.25, -0.2) is 13.1 Å². The van der Waals surface area contributed by atoms with Gasteiger partial charge in [-0.1, -0.05) is 37.3 Å². The van der Waals surface area contributed by atoms with Gasteiger partial charge in [-0.3, -0.25) is 4.79 Å². The van der Waals surface area contributed by atoms with Gasteiger partial charge in [0.2, 0.25) is 15.9 Å². The Morgan fingerprint density at radius 2 is 1.96 bits per heavy atom. The van der Waals surface area contributed by atoms with Crippen LogP contribution < -0.4 is 10.0 Å². The molecule has 0 unspecified atom stereocenters. The third-order valence-corrected chi connectivity index (χ3v) is 6.74. The lowest BCUT2D eigenvalue weighted by Crippen LogP contribution is -2.25. The summed E-state index contributed by atoms with van der Waals surface area (Å²) in [6, 6.07) is 14.8. The monoisotopic (exact) mass is 390 g/mol. The first kappa shape index (κ1) is 18.9. The zero-order valence-electron chi connectivity index (χ0n) is 14.6. The number of thioether (sulfide) groups is 1. The van der Waals surface area contributed by atoms with Gasteiger partial charge in [0.25, 0.3) is 0 Å². The van der Waals surface area contributed by atoms with Crippen molar-refractivity contribution >= 4 is 33.4 Å². The van der Waals surface area contributed by atoms with Crippen molar-refractivity contribution in [3.63, 3.8) is 0 Å². The second-order valence-electron chi connectivity index (χ2n) is 6.33. The molecule has 1 atom stereocenters. The Balaban J connectivity index is 1.65. The average molecular weight is 391 g/mol. The van der Waals surface area contributed by atoms with E-state index in [0.717, 1.165) is 17.7 Å². The van der Waals surface area contributed by atoms with Gasteiger partial charge in [0.15, 0.2) is 0 Å². The Hall–Kier alpha value is -1.83. The van der Waals surface area contributed by atoms with Crippen LogP contribution in [0.4, 0.5) is 5.69 Å². The number of anilines is 1. The van der Waals surface area contributed by atoms with Crippen LogP contribution in [0.15, 0.2) is 58.3 Å². The molecule has 0 saturated heterocycles. The number of benzene rings is 2. The number of amides is 1. The standard InChI is InChI=1S/C19H22N2O3S2/c1-14-12-19(22)21-17-10-9-16(13-18(17)25-14)26(23,24)20-11-5-8-15-6-3-2-4-7-15/h2-4,6-7,9-10,13-14,20H,5,8,11-12H2,1H3,(H,21,22)/t14-/m0/s1. The molecular weight excluding hydrogens is 368 g/mol. The van der Waals surface area contributed by atoms with E-state index in [4.69, 9.17) is 0 Å². The summed E-state index contributed by atoms with van der Waals surface area (Å²) in [7, 11) is -3.57. The molecule has 0 aromatic heterocycles. The van der Waals surface area contributed by atoms with E-state index in [1.54, 1.807) is 12.1 Å². The molecule has 1 aliphatic heterocycles. The smallest absolute Gasteiger partial charge is 0.240 e. The van der Waals surface area contributed by atoms with Crippen LogP contribution in [0, 0.1) is 0 Å². The highest BCUT2D eigenvalue weighted by molar-refractivity contribution is 8.00. The molecule has 2 aromatic rings. The van der Waals surface area contributed by atoms with Gasteiger partial charge in [0.1, 0.15) is 0 Å². The molecule has 0 fully saturated rings. The molecule has 1 aliphatic rings. The molecular formula is C19H22N2O3S2. The SMILES string of the molecule is C[C@H]1CC(=O)Nc2ccc(S(=O)(=O)NCCCc3ccccc3)cc2S1. The lowest BCUT2D eigenvalue weighted by atomic mass is 10.1. The zero-order chi connectivity index (χ0) is 18.6. The minimum atomic E-state index is -3.57. The Bertz CT molecular complexity index is 883. The van der Waals surface area contributed by atoms with Crippen LogP contribution in [0.25, 0.3) is 0 Å². The molecule has 0 radical (unpaired) electrons. The first-order valence-corrected chi connectivity index (χ1v) is 10.9. The molecule has 7 heteroatoms. The topological polar surface area (TPSA) is 75.3 Å². The fourth-order valence-electron chi connectivity index (χ4n) is 2.82. The summed E-state index contributed by atoms with van der Waals surface area (Å²) in [6.45, 7) is 2.34. The van der Waals surface area contributed by atoms with Crippen molar-refractivity contribution in [3.05, 3.63) is 54.1 Å². The van der Waals surface area contributed by atoms with E-state index < -0.39 is 10.0 Å². The third-order valence-electron chi connectivity index (χ3n) is 4.12. The van der Waals surface area contributed by atoms with Gasteiger partial charge >= 0.3 is 0 Å². The maximum Gasteiger partial charge on any atom is 0.240 e. The Labute approximate surface area is 158 Å². The van der Waals surface area contributed by atoms with Crippen molar-refractivity contribution in [1.29, 1.82) is 0 Å². The summed E-state index contributed by atoms with van der Waals surface area (Å²) >= 11 is 1.52. The fourth-order valence-corrected chi connectivity index (χ4v) is 5.10. The predicted octanol–water partition coefficient (Wildman–Crippen LogP) is 3.42. The normalized spacial score (nSPS) is 17.3. The van der Waals surface area contributed by atoms with Crippen LogP contribution in [0.5, 0.6) is 0 Å². The molecule has 5 nitrogen and oxygen atoms in total. The van der Waals surface area contributed by atoms with Gasteiger partial charge in [-0.2, -0.15) is 0 Å². The highest BCUT2D eigenvalue weighted by Gasteiger charge is 2.22. The number of fused-ring (bicyclic) bond motifs is 1. The van der Waals surface area contributed by atoms with Gasteiger partial charge in [0, 0.05) is 23.1 Å². The molecule has 0 aliphatic carbocycles. The quantitative estimate of drug-likeness (QED) is 0.741. The minimum absolute atomic E-state index is 0.0432. The number of sulfonamides is 1. The minimum Gasteiger partial charge on any atom is -0.325 e. The van der Waals surface area contributed by atoms with Crippen molar-refractivity contribution in [2.45, 2.75) is 41.2 Å². The van der Waals surface area contributed by atoms with Crippen LogP contribution in [0.1, 0.15) is 25.3 Å². The first-order valence-electron chi connectivity index (χ1n) is 8.58. The number of rotatable bonds is 6. The summed E-state index contributed by atoms with van der Waals surface area (Å²) in [6.07, 6.45) is 1.97. The number of carbonyl (C=O) groups is 1. The van der Waals surface area contributed by atoms with Crippen molar-refractivity contribution in [2.24, 2.45) is 0 Å². The van der Waals surface area contributed by atoms with E-state index >= 15 is 0 Å². The van der Waals surface area contributed by atoms with E-state index in [0.29, 0.717) is 18.7 Å². The maximum atomic E-state index is 12.6. The summed E-state index contributed by atoms with van der Waals surface area (Å²) in [4.78, 5) is 12.8. The van der Waals surface area contributed by atoms with Gasteiger partial charge < -0.3 is 5.32 Å². The summed E-state index contributed by atoms with van der Waals surface area (Å²) in [5, 5.41) is 2.93. The fraction of sp³-hybridized carbons (Fsp3) is 0.316. The number of hydrogen-bond acceptors (Lipinski definition) is 4. The Kier molecular flexibility index (Phi) is 6.01. The maximum absolute atomic E-state index is 12.6. The second-order valence-corrected chi connectivity index (χ2v) is 9.57. The van der Waals surface area contributed by atoms with Crippen molar-refractivity contribution < 1.29 is 13.2 Å². The van der Waals surface area contributed by atoms with E-state index in [1.807, 2.05) is 37.3 Å². The molecule has 2 N–H and O–H groups in total. The van der Waals surface area contributed by atoms with E-state index in [-0.39, 0.29) is 16.1 Å². The van der Waals surface area contributed by atoms with Crippen LogP contribution in [0.3, 0.4) is 0 Å². The van der Waals surface area contributed by atoms with Crippen molar-refractivity contribution in [3.8, 4) is 0 Å². The Morgan fingerprint density at radius 3 is 2.73 bits per heavy atom. The molecule has 2 aromatic carbocycles. The highest BCUT2D eigenvalue weighted by atomic mass is 32.2. The predicted molar refractivity (Wildman–Crippen MR) is 105 cm³/mol. The van der Waals surface area contributed by atoms with Gasteiger partial charge in [0.05, 0.1) is 10.6 Å². The lowest BCUT2D eigenvalue weighted by molar-refractivity contribution is -0.116. The zero-order valence-corrected chi connectivity index (χ0v) is 16.2. The third kappa shape index (κ3) is 4.87. The van der Waals surface area contributed by atoms with Crippen LogP contribution >= 0.6 is 11.8 Å². The number of aryl methyl sites for hydroxylation is 1. The summed E-state index contributed by atoms with van der Waals surface area (Å²) < 4.78 is 27.8. The molecule has 0 bridgehead atoms. The molecule has 1 heterocycles. The molecule has 26 heavy (non-hydrogen) atoms. The van der Waals surface area contributed by atoms with Gasteiger partial charge in [-0.15, -0.1) is 11.8 Å². The van der Waals surface area contributed by atoms with Crippen molar-refractivity contribution in [1.82, 2.24) is 4.72 Å². The number of carbonyl (C=O) groups excluding carboxylic acids is 1. The van der Waals surface area contributed by atoms with Crippen LogP contribution in [-0.4, -0.2) is 26.1 Å². The lowest BCUT2D eigenvalue weighted by Gasteiger charge is -2.11. The van der Waals surface area contributed by atoms with E-state index in [9.17, 15) is 13.2 Å². The van der Waals surface area contributed by atoms with Gasteiger partial charge in [-0.05, 0) is 36.6 Å². The average Bonchev–Trinajstić information content (AvgIpc) is 2.75. The highest BCUT2D eigenvalue weighted by Crippen LogP contribution is 2.36. The Morgan fingerprint density at radius 1 is 1.19 bits per heavy atom. The molecule has 1 amide bonds. The molecule has 0 spiro atoms. The van der Waals surface area contributed by atoms with E-state index in [1.165, 1.54) is 23.4 Å². The number of hydrogen-bond donors (Lipinski definition) is 2. The van der Waals surface area contributed by atoms with Crippen molar-refractivity contribution in [2.75, 3.05) is 11.9 Å². The molecule has 138 valence electrons. The van der Waals surface area contributed by atoms with Crippen LogP contribution in [0.2, 0.25) is 0 Å². The molecule has 0 saturated carbocycles. The van der Waals surface area contributed by atoms with Crippen LogP contribution in [-0.2, 0) is 21.2 Å².